The summed E-state index contributed by atoms with van der Waals surface area (Å²) in [5, 5.41) is 0. The highest BCUT2D eigenvalue weighted by Gasteiger charge is 2.05. The van der Waals surface area contributed by atoms with E-state index >= 15 is 0 Å². The zero-order valence-corrected chi connectivity index (χ0v) is 12.1. The van der Waals surface area contributed by atoms with Crippen LogP contribution in [0.4, 0.5) is 0 Å². The molecular formula is C16H30. The molecular weight excluding hydrogens is 192 g/mol. The highest BCUT2D eigenvalue weighted by molar-refractivity contribution is 5.19. The van der Waals surface area contributed by atoms with Gasteiger partial charge >= 0.3 is 0 Å². The molecule has 0 nitrogen and oxygen atoms in total. The average molecular weight is 222 g/mol. The van der Waals surface area contributed by atoms with Crippen molar-refractivity contribution in [1.82, 2.24) is 0 Å². The van der Waals surface area contributed by atoms with Gasteiger partial charge in [-0.05, 0) is 24.3 Å². The first-order valence-electron chi connectivity index (χ1n) is 6.93. The van der Waals surface area contributed by atoms with E-state index in [0.29, 0.717) is 0 Å². The minimum absolute atomic E-state index is 0.774. The van der Waals surface area contributed by atoms with Gasteiger partial charge in [-0.1, -0.05) is 78.3 Å². The van der Waals surface area contributed by atoms with E-state index in [2.05, 4.69) is 44.2 Å². The summed E-state index contributed by atoms with van der Waals surface area (Å²) in [4.78, 5) is 0. The van der Waals surface area contributed by atoms with Gasteiger partial charge < -0.3 is 0 Å². The van der Waals surface area contributed by atoms with Crippen LogP contribution < -0.4 is 0 Å². The summed E-state index contributed by atoms with van der Waals surface area (Å²) in [6, 6.07) is 10.8. The Balaban J connectivity index is 0. The van der Waals surface area contributed by atoms with E-state index in [4.69, 9.17) is 0 Å². The molecule has 0 heterocycles. The van der Waals surface area contributed by atoms with Crippen LogP contribution in [-0.4, -0.2) is 0 Å². The van der Waals surface area contributed by atoms with Crippen molar-refractivity contribution in [3.8, 4) is 0 Å². The molecule has 0 N–H and O–H groups in total. The first-order chi connectivity index (χ1) is 7.88. The quantitative estimate of drug-likeness (QED) is 0.583. The van der Waals surface area contributed by atoms with E-state index in [1.54, 1.807) is 0 Å². The van der Waals surface area contributed by atoms with Crippen molar-refractivity contribution in [1.29, 1.82) is 0 Å². The minimum Gasteiger partial charge on any atom is -0.0683 e. The molecule has 16 heavy (non-hydrogen) atoms. The van der Waals surface area contributed by atoms with Crippen LogP contribution in [0.15, 0.2) is 30.3 Å². The van der Waals surface area contributed by atoms with Gasteiger partial charge in [0.1, 0.15) is 0 Å². The maximum absolute atomic E-state index is 2.27. The molecule has 0 amide bonds. The van der Waals surface area contributed by atoms with Crippen molar-refractivity contribution in [3.05, 3.63) is 35.9 Å². The smallest absolute Gasteiger partial charge is 0.0165 e. The Bertz CT molecular complexity index is 201. The number of hydrogen-bond donors (Lipinski definition) is 0. The lowest BCUT2D eigenvalue weighted by molar-refractivity contribution is 0.596. The zero-order chi connectivity index (χ0) is 12.8. The van der Waals surface area contributed by atoms with Gasteiger partial charge in [0, 0.05) is 0 Å². The van der Waals surface area contributed by atoms with Crippen molar-refractivity contribution in [2.24, 2.45) is 0 Å². The van der Waals surface area contributed by atoms with Gasteiger partial charge in [0.25, 0.3) is 0 Å². The fourth-order valence-corrected chi connectivity index (χ4v) is 1.68. The van der Waals surface area contributed by atoms with Crippen LogP contribution >= 0.6 is 0 Å². The van der Waals surface area contributed by atoms with Crippen LogP contribution in [0, 0.1) is 0 Å². The molecule has 94 valence electrons. The molecule has 1 aromatic rings. The summed E-state index contributed by atoms with van der Waals surface area (Å²) >= 11 is 0. The number of benzene rings is 1. The van der Waals surface area contributed by atoms with E-state index < -0.39 is 0 Å². The van der Waals surface area contributed by atoms with Crippen LogP contribution in [-0.2, 0) is 0 Å². The van der Waals surface area contributed by atoms with Crippen LogP contribution in [0.5, 0.6) is 0 Å². The summed E-state index contributed by atoms with van der Waals surface area (Å²) in [5.74, 6) is 0.774. The zero-order valence-electron chi connectivity index (χ0n) is 12.1. The van der Waals surface area contributed by atoms with Crippen molar-refractivity contribution in [2.75, 3.05) is 0 Å². The molecule has 0 saturated carbocycles. The van der Waals surface area contributed by atoms with E-state index in [1.807, 2.05) is 27.7 Å². The summed E-state index contributed by atoms with van der Waals surface area (Å²) in [7, 11) is 0. The largest absolute Gasteiger partial charge is 0.0683 e. The summed E-state index contributed by atoms with van der Waals surface area (Å²) < 4.78 is 0. The number of rotatable bonds is 4. The predicted molar refractivity (Wildman–Crippen MR) is 77.1 cm³/mol. The Kier molecular flexibility index (Phi) is 15.7. The molecule has 0 aliphatic carbocycles. The molecule has 1 unspecified atom stereocenters. The predicted octanol–water partition coefficient (Wildman–Crippen LogP) is 6.03. The standard InChI is InChI=1S/C12H18.2C2H6/c1-3-8-11(4-2)12-9-6-5-7-10-12;2*1-2/h5-7,9-11H,3-4,8H2,1-2H3;2*1-2H3. The molecule has 0 spiro atoms. The van der Waals surface area contributed by atoms with Gasteiger partial charge in [0.2, 0.25) is 0 Å². The van der Waals surface area contributed by atoms with Crippen LogP contribution in [0.1, 0.15) is 72.3 Å². The maximum atomic E-state index is 2.27. The Labute approximate surface area is 103 Å². The lowest BCUT2D eigenvalue weighted by Gasteiger charge is -2.13. The van der Waals surface area contributed by atoms with Gasteiger partial charge in [-0.2, -0.15) is 0 Å². The molecule has 0 heteroatoms. The highest BCUT2D eigenvalue weighted by atomic mass is 14.1. The molecule has 0 radical (unpaired) electrons. The Morgan fingerprint density at radius 3 is 1.75 bits per heavy atom. The third kappa shape index (κ3) is 7.50. The van der Waals surface area contributed by atoms with Crippen LogP contribution in [0.3, 0.4) is 0 Å². The molecule has 1 atom stereocenters. The van der Waals surface area contributed by atoms with Gasteiger partial charge in [-0.25, -0.2) is 0 Å². The molecule has 0 aliphatic rings. The minimum atomic E-state index is 0.774. The molecule has 1 aromatic carbocycles. The van der Waals surface area contributed by atoms with E-state index in [-0.39, 0.29) is 0 Å². The second-order valence-corrected chi connectivity index (χ2v) is 3.30. The molecule has 0 aliphatic heterocycles. The number of hydrogen-bond acceptors (Lipinski definition) is 0. The molecule has 0 saturated heterocycles. The second kappa shape index (κ2) is 14.2. The van der Waals surface area contributed by atoms with Gasteiger partial charge in [-0.3, -0.25) is 0 Å². The van der Waals surface area contributed by atoms with Gasteiger partial charge in [0.05, 0.1) is 0 Å². The summed E-state index contributed by atoms with van der Waals surface area (Å²) in [5.41, 5.74) is 1.50. The Hall–Kier alpha value is -0.780. The van der Waals surface area contributed by atoms with Crippen LogP contribution in [0.25, 0.3) is 0 Å². The molecule has 0 bridgehead atoms. The highest BCUT2D eigenvalue weighted by Crippen LogP contribution is 2.23. The van der Waals surface area contributed by atoms with E-state index in [0.717, 1.165) is 5.92 Å². The third-order valence-electron chi connectivity index (χ3n) is 2.40. The van der Waals surface area contributed by atoms with E-state index in [1.165, 1.54) is 24.8 Å². The fraction of sp³-hybridized carbons (Fsp3) is 0.625. The Morgan fingerprint density at radius 2 is 1.38 bits per heavy atom. The van der Waals surface area contributed by atoms with Crippen molar-refractivity contribution < 1.29 is 0 Å². The topological polar surface area (TPSA) is 0 Å². The average Bonchev–Trinajstić information content (AvgIpc) is 2.41. The second-order valence-electron chi connectivity index (χ2n) is 3.30. The lowest BCUT2D eigenvalue weighted by Crippen LogP contribution is -1.95. The van der Waals surface area contributed by atoms with Crippen molar-refractivity contribution in [3.63, 3.8) is 0 Å². The van der Waals surface area contributed by atoms with Gasteiger partial charge in [0.15, 0.2) is 0 Å². The summed E-state index contributed by atoms with van der Waals surface area (Å²) in [6.07, 6.45) is 3.87. The monoisotopic (exact) mass is 222 g/mol. The first-order valence-corrected chi connectivity index (χ1v) is 6.93. The maximum Gasteiger partial charge on any atom is -0.0165 e. The molecule has 0 fully saturated rings. The summed E-state index contributed by atoms with van der Waals surface area (Å²) in [6.45, 7) is 12.5. The molecule has 0 aromatic heterocycles. The normalized spacial score (nSPS) is 10.4. The van der Waals surface area contributed by atoms with E-state index in [9.17, 15) is 0 Å². The van der Waals surface area contributed by atoms with Crippen molar-refractivity contribution >= 4 is 0 Å². The molecule has 1 rings (SSSR count). The Morgan fingerprint density at radius 1 is 0.875 bits per heavy atom. The fourth-order valence-electron chi connectivity index (χ4n) is 1.68. The van der Waals surface area contributed by atoms with Gasteiger partial charge in [-0.15, -0.1) is 0 Å². The third-order valence-corrected chi connectivity index (χ3v) is 2.40. The SMILES string of the molecule is CC.CC.CCCC(CC)c1ccccc1. The first kappa shape index (κ1) is 17.6. The van der Waals surface area contributed by atoms with Crippen LogP contribution in [0.2, 0.25) is 0 Å². The lowest BCUT2D eigenvalue weighted by atomic mass is 9.92. The van der Waals surface area contributed by atoms with Crippen molar-refractivity contribution in [2.45, 2.75) is 66.7 Å².